The lowest BCUT2D eigenvalue weighted by Crippen LogP contribution is -2.52. The van der Waals surface area contributed by atoms with Gasteiger partial charge in [-0.1, -0.05) is 29.8 Å². The number of anilines is 1. The average Bonchev–Trinajstić information content (AvgIpc) is 2.76. The molecule has 0 aliphatic carbocycles. The molecule has 29 heavy (non-hydrogen) atoms. The average molecular weight is 418 g/mol. The first-order valence-corrected chi connectivity index (χ1v) is 10.1. The van der Waals surface area contributed by atoms with E-state index in [2.05, 4.69) is 31.2 Å². The number of nitrogens with zero attached hydrogens (tertiary/aromatic N) is 4. The van der Waals surface area contributed by atoms with Gasteiger partial charge < -0.3 is 24.6 Å². The fourth-order valence-electron chi connectivity index (χ4n) is 3.28. The molecule has 1 aliphatic heterocycles. The molecule has 7 nitrogen and oxygen atoms in total. The lowest BCUT2D eigenvalue weighted by atomic mass is 10.2. The Morgan fingerprint density at radius 3 is 2.66 bits per heavy atom. The monoisotopic (exact) mass is 417 g/mol. The Balaban J connectivity index is 1.55. The van der Waals surface area contributed by atoms with Gasteiger partial charge in [0.15, 0.2) is 5.96 Å². The van der Waals surface area contributed by atoms with Gasteiger partial charge in [-0.05, 0) is 18.2 Å². The van der Waals surface area contributed by atoms with Crippen LogP contribution in [0.25, 0.3) is 0 Å². The van der Waals surface area contributed by atoms with Gasteiger partial charge in [0.2, 0.25) is 5.88 Å². The predicted molar refractivity (Wildman–Crippen MR) is 117 cm³/mol. The molecule has 2 aromatic rings. The number of methoxy groups -OCH3 is 1. The van der Waals surface area contributed by atoms with E-state index >= 15 is 0 Å². The molecule has 1 aliphatic rings. The first-order valence-electron chi connectivity index (χ1n) is 9.73. The van der Waals surface area contributed by atoms with E-state index in [1.54, 1.807) is 13.3 Å². The molecule has 1 saturated heterocycles. The number of rotatable bonds is 7. The molecule has 1 aromatic heterocycles. The summed E-state index contributed by atoms with van der Waals surface area (Å²) in [7, 11) is 3.46. The number of halogens is 1. The van der Waals surface area contributed by atoms with Crippen molar-refractivity contribution in [3.63, 3.8) is 0 Å². The highest BCUT2D eigenvalue weighted by Gasteiger charge is 2.21. The second kappa shape index (κ2) is 10.9. The molecule has 1 N–H and O–H groups in total. The van der Waals surface area contributed by atoms with Crippen LogP contribution in [0.5, 0.6) is 5.88 Å². The third kappa shape index (κ3) is 5.74. The highest BCUT2D eigenvalue weighted by atomic mass is 35.5. The molecular formula is C21H28ClN5O2. The maximum absolute atomic E-state index is 6.34. The molecule has 0 bridgehead atoms. The van der Waals surface area contributed by atoms with E-state index in [0.29, 0.717) is 25.6 Å². The Morgan fingerprint density at radius 2 is 1.93 bits per heavy atom. The smallest absolute Gasteiger partial charge is 0.218 e. The molecule has 1 aromatic carbocycles. The zero-order chi connectivity index (χ0) is 20.5. The van der Waals surface area contributed by atoms with Crippen LogP contribution in [0.1, 0.15) is 5.56 Å². The minimum atomic E-state index is 0.471. The van der Waals surface area contributed by atoms with E-state index < -0.39 is 0 Å². The summed E-state index contributed by atoms with van der Waals surface area (Å²) in [6, 6.07) is 11.9. The van der Waals surface area contributed by atoms with Gasteiger partial charge in [-0.25, -0.2) is 4.98 Å². The number of guanidine groups is 1. The lowest BCUT2D eigenvalue weighted by Gasteiger charge is -2.38. The van der Waals surface area contributed by atoms with Crippen molar-refractivity contribution in [3.8, 4) is 5.88 Å². The van der Waals surface area contributed by atoms with Crippen LogP contribution in [-0.2, 0) is 11.3 Å². The molecule has 0 amide bonds. The quantitative estimate of drug-likeness (QED) is 0.424. The predicted octanol–water partition coefficient (Wildman–Crippen LogP) is 2.66. The van der Waals surface area contributed by atoms with Crippen LogP contribution in [0.15, 0.2) is 47.6 Å². The van der Waals surface area contributed by atoms with Crippen LogP contribution < -0.4 is 15.0 Å². The molecule has 0 radical (unpaired) electrons. The zero-order valence-electron chi connectivity index (χ0n) is 17.0. The van der Waals surface area contributed by atoms with Gasteiger partial charge in [-0.2, -0.15) is 0 Å². The summed E-state index contributed by atoms with van der Waals surface area (Å²) in [5.41, 5.74) is 2.07. The van der Waals surface area contributed by atoms with Gasteiger partial charge in [0.25, 0.3) is 0 Å². The zero-order valence-corrected chi connectivity index (χ0v) is 17.7. The Morgan fingerprint density at radius 1 is 1.14 bits per heavy atom. The number of hydrogen-bond donors (Lipinski definition) is 1. The van der Waals surface area contributed by atoms with Gasteiger partial charge in [0, 0.05) is 58.6 Å². The van der Waals surface area contributed by atoms with Crippen LogP contribution in [0.2, 0.25) is 5.02 Å². The number of aliphatic imine (C=N–C) groups is 1. The van der Waals surface area contributed by atoms with Crippen LogP contribution >= 0.6 is 11.6 Å². The second-order valence-electron chi connectivity index (χ2n) is 6.64. The third-order valence-electron chi connectivity index (χ3n) is 4.80. The lowest BCUT2D eigenvalue weighted by molar-refractivity contribution is 0.143. The third-order valence-corrected chi connectivity index (χ3v) is 5.12. The maximum atomic E-state index is 6.34. The van der Waals surface area contributed by atoms with Gasteiger partial charge in [0.1, 0.15) is 6.61 Å². The highest BCUT2D eigenvalue weighted by Crippen LogP contribution is 2.26. The molecule has 156 valence electrons. The Bertz CT molecular complexity index is 809. The number of piperazine rings is 1. The number of para-hydroxylation sites is 1. The van der Waals surface area contributed by atoms with Crippen molar-refractivity contribution in [2.45, 2.75) is 6.54 Å². The summed E-state index contributed by atoms with van der Waals surface area (Å²) in [5, 5.41) is 4.22. The summed E-state index contributed by atoms with van der Waals surface area (Å²) >= 11 is 6.34. The van der Waals surface area contributed by atoms with Gasteiger partial charge in [0.05, 0.1) is 17.3 Å². The number of hydrogen-bond acceptors (Lipinski definition) is 5. The Kier molecular flexibility index (Phi) is 7.95. The molecule has 0 spiro atoms. The van der Waals surface area contributed by atoms with Crippen LogP contribution in [0.3, 0.4) is 0 Å². The fourth-order valence-corrected chi connectivity index (χ4v) is 3.54. The Labute approximate surface area is 177 Å². The molecule has 0 unspecified atom stereocenters. The standard InChI is InChI=1S/C21H28ClN5O2/c1-23-21(25-16-17-6-5-9-24-20(17)29-15-14-28-2)27-12-10-26(11-13-27)19-8-4-3-7-18(19)22/h3-9H,10-16H2,1-2H3,(H,23,25). The van der Waals surface area contributed by atoms with E-state index in [1.165, 1.54) is 0 Å². The molecule has 8 heteroatoms. The molecule has 2 heterocycles. The van der Waals surface area contributed by atoms with Crippen molar-refractivity contribution in [2.75, 3.05) is 58.5 Å². The molecule has 1 fully saturated rings. The van der Waals surface area contributed by atoms with Crippen molar-refractivity contribution in [1.82, 2.24) is 15.2 Å². The highest BCUT2D eigenvalue weighted by molar-refractivity contribution is 6.33. The number of aromatic nitrogens is 1. The fraction of sp³-hybridized carbons (Fsp3) is 0.429. The number of ether oxygens (including phenoxy) is 2. The van der Waals surface area contributed by atoms with Crippen molar-refractivity contribution in [3.05, 3.63) is 53.2 Å². The summed E-state index contributed by atoms with van der Waals surface area (Å²) in [6.07, 6.45) is 1.73. The van der Waals surface area contributed by atoms with Crippen molar-refractivity contribution >= 4 is 23.2 Å². The summed E-state index contributed by atoms with van der Waals surface area (Å²) in [5.74, 6) is 1.49. The number of benzene rings is 1. The summed E-state index contributed by atoms with van der Waals surface area (Å²) in [4.78, 5) is 13.4. The molecule has 3 rings (SSSR count). The molecule has 0 atom stereocenters. The first kappa shape index (κ1) is 21.2. The van der Waals surface area contributed by atoms with Crippen LogP contribution in [0, 0.1) is 0 Å². The van der Waals surface area contributed by atoms with E-state index in [0.717, 1.165) is 48.4 Å². The van der Waals surface area contributed by atoms with E-state index in [4.69, 9.17) is 21.1 Å². The van der Waals surface area contributed by atoms with Crippen LogP contribution in [0.4, 0.5) is 5.69 Å². The maximum Gasteiger partial charge on any atom is 0.218 e. The SMILES string of the molecule is CN=C(NCc1cccnc1OCCOC)N1CCN(c2ccccc2Cl)CC1. The topological polar surface area (TPSA) is 62.2 Å². The largest absolute Gasteiger partial charge is 0.475 e. The van der Waals surface area contributed by atoms with E-state index in [9.17, 15) is 0 Å². The number of nitrogens with one attached hydrogen (secondary N) is 1. The summed E-state index contributed by atoms with van der Waals surface area (Å²) in [6.45, 7) is 5.11. The molecular weight excluding hydrogens is 390 g/mol. The Hall–Kier alpha value is -2.51. The minimum absolute atomic E-state index is 0.471. The van der Waals surface area contributed by atoms with Gasteiger partial charge >= 0.3 is 0 Å². The van der Waals surface area contributed by atoms with Crippen molar-refractivity contribution in [2.24, 2.45) is 4.99 Å². The molecule has 0 saturated carbocycles. The van der Waals surface area contributed by atoms with Gasteiger partial charge in [-0.15, -0.1) is 0 Å². The van der Waals surface area contributed by atoms with E-state index in [1.807, 2.05) is 37.4 Å². The minimum Gasteiger partial charge on any atom is -0.475 e. The van der Waals surface area contributed by atoms with E-state index in [-0.39, 0.29) is 0 Å². The first-order chi connectivity index (χ1) is 14.2. The summed E-state index contributed by atoms with van der Waals surface area (Å²) < 4.78 is 10.8. The normalized spacial score (nSPS) is 14.8. The van der Waals surface area contributed by atoms with Crippen LogP contribution in [-0.4, -0.2) is 69.4 Å². The van der Waals surface area contributed by atoms with Gasteiger partial charge in [-0.3, -0.25) is 4.99 Å². The van der Waals surface area contributed by atoms with Crippen molar-refractivity contribution in [1.29, 1.82) is 0 Å². The van der Waals surface area contributed by atoms with Crippen molar-refractivity contribution < 1.29 is 9.47 Å². The second-order valence-corrected chi connectivity index (χ2v) is 7.04. The number of pyridine rings is 1.